The lowest BCUT2D eigenvalue weighted by Gasteiger charge is -2.07. The minimum Gasteiger partial charge on any atom is -0.380 e. The molecule has 0 aromatic carbocycles. The maximum absolute atomic E-state index is 12.0. The van der Waals surface area contributed by atoms with E-state index in [0.717, 1.165) is 17.8 Å². The van der Waals surface area contributed by atoms with Crippen molar-refractivity contribution in [2.24, 2.45) is 0 Å². The van der Waals surface area contributed by atoms with Gasteiger partial charge in [0.15, 0.2) is 5.78 Å². The first-order valence-electron chi connectivity index (χ1n) is 5.07. The fourth-order valence-corrected chi connectivity index (χ4v) is 2.68. The average molecular weight is 225 g/mol. The van der Waals surface area contributed by atoms with Crippen molar-refractivity contribution in [2.75, 3.05) is 13.7 Å². The van der Waals surface area contributed by atoms with E-state index in [9.17, 15) is 4.79 Å². The summed E-state index contributed by atoms with van der Waals surface area (Å²) in [6.07, 6.45) is 0.965. The number of carbonyl (C=O) groups is 1. The normalized spacial score (nSPS) is 25.7. The summed E-state index contributed by atoms with van der Waals surface area (Å²) in [5.41, 5.74) is 0. The number of hydrogen-bond donors (Lipinski definition) is 1. The number of hydrogen-bond acceptors (Lipinski definition) is 4. The van der Waals surface area contributed by atoms with Gasteiger partial charge in [0.25, 0.3) is 0 Å². The quantitative estimate of drug-likeness (QED) is 0.794. The second-order valence-corrected chi connectivity index (χ2v) is 5.12. The van der Waals surface area contributed by atoms with Gasteiger partial charge in [-0.1, -0.05) is 0 Å². The molecule has 0 amide bonds. The minimum atomic E-state index is -0.0620. The van der Waals surface area contributed by atoms with Crippen LogP contribution in [0.3, 0.4) is 0 Å². The van der Waals surface area contributed by atoms with E-state index in [1.165, 1.54) is 4.88 Å². The molecule has 2 atom stereocenters. The molecule has 2 unspecified atom stereocenters. The molecule has 2 rings (SSSR count). The Kier molecular flexibility index (Phi) is 3.19. The second-order valence-electron chi connectivity index (χ2n) is 3.83. The molecule has 0 aliphatic carbocycles. The van der Waals surface area contributed by atoms with E-state index in [1.807, 2.05) is 19.1 Å². The molecule has 1 aromatic heterocycles. The van der Waals surface area contributed by atoms with Gasteiger partial charge < -0.3 is 10.1 Å². The van der Waals surface area contributed by atoms with Crippen molar-refractivity contribution in [3.8, 4) is 0 Å². The lowest BCUT2D eigenvalue weighted by Crippen LogP contribution is -2.30. The van der Waals surface area contributed by atoms with Crippen molar-refractivity contribution in [1.82, 2.24) is 5.32 Å². The molecule has 0 spiro atoms. The van der Waals surface area contributed by atoms with Crippen LogP contribution in [0.5, 0.6) is 0 Å². The zero-order chi connectivity index (χ0) is 10.8. The summed E-state index contributed by atoms with van der Waals surface area (Å²) in [6.45, 7) is 2.79. The Bertz CT molecular complexity index is 361. The van der Waals surface area contributed by atoms with Gasteiger partial charge in [0.1, 0.15) is 0 Å². The minimum absolute atomic E-state index is 0.0620. The summed E-state index contributed by atoms with van der Waals surface area (Å²) in [7, 11) is 1.69. The van der Waals surface area contributed by atoms with Gasteiger partial charge in [-0.25, -0.2) is 0 Å². The van der Waals surface area contributed by atoms with Crippen LogP contribution in [-0.2, 0) is 4.74 Å². The number of rotatable bonds is 3. The maximum Gasteiger partial charge on any atom is 0.189 e. The molecular formula is C11H15NO2S. The number of Topliss-reactive ketones (excluding diaryl/α,β-unsaturated/α-hetero) is 1. The molecule has 1 aliphatic rings. The Morgan fingerprint density at radius 2 is 2.40 bits per heavy atom. The summed E-state index contributed by atoms with van der Waals surface area (Å²) < 4.78 is 5.22. The monoisotopic (exact) mass is 225 g/mol. The van der Waals surface area contributed by atoms with Gasteiger partial charge >= 0.3 is 0 Å². The zero-order valence-corrected chi connectivity index (χ0v) is 9.76. The molecule has 1 aromatic rings. The number of nitrogens with one attached hydrogen (secondary N) is 1. The predicted molar refractivity (Wildman–Crippen MR) is 60.6 cm³/mol. The third-order valence-corrected chi connectivity index (χ3v) is 3.74. The second kappa shape index (κ2) is 4.43. The van der Waals surface area contributed by atoms with Crippen molar-refractivity contribution in [1.29, 1.82) is 0 Å². The molecule has 0 radical (unpaired) electrons. The summed E-state index contributed by atoms with van der Waals surface area (Å²) in [6, 6.07) is 3.83. The fraction of sp³-hybridized carbons (Fsp3) is 0.545. The first-order chi connectivity index (χ1) is 7.20. The van der Waals surface area contributed by atoms with Crippen molar-refractivity contribution < 1.29 is 9.53 Å². The van der Waals surface area contributed by atoms with Crippen molar-refractivity contribution in [3.63, 3.8) is 0 Å². The van der Waals surface area contributed by atoms with E-state index in [4.69, 9.17) is 4.74 Å². The topological polar surface area (TPSA) is 38.3 Å². The number of thiophene rings is 1. The zero-order valence-electron chi connectivity index (χ0n) is 8.95. The highest BCUT2D eigenvalue weighted by atomic mass is 32.1. The molecule has 1 fully saturated rings. The molecule has 0 saturated carbocycles. The smallest absolute Gasteiger partial charge is 0.189 e. The molecular weight excluding hydrogens is 210 g/mol. The van der Waals surface area contributed by atoms with E-state index in [0.29, 0.717) is 0 Å². The van der Waals surface area contributed by atoms with Crippen LogP contribution in [0.1, 0.15) is 21.0 Å². The van der Waals surface area contributed by atoms with Crippen LogP contribution >= 0.6 is 11.3 Å². The number of ketones is 1. The molecule has 82 valence electrons. The van der Waals surface area contributed by atoms with Crippen LogP contribution in [-0.4, -0.2) is 31.6 Å². The van der Waals surface area contributed by atoms with Crippen molar-refractivity contribution in [3.05, 3.63) is 21.9 Å². The van der Waals surface area contributed by atoms with E-state index >= 15 is 0 Å². The molecule has 15 heavy (non-hydrogen) atoms. The number of aryl methyl sites for hydroxylation is 1. The largest absolute Gasteiger partial charge is 0.380 e. The van der Waals surface area contributed by atoms with E-state index in [2.05, 4.69) is 5.32 Å². The summed E-state index contributed by atoms with van der Waals surface area (Å²) in [5.74, 6) is 0.202. The lowest BCUT2D eigenvalue weighted by molar-refractivity contribution is 0.0922. The average Bonchev–Trinajstić information content (AvgIpc) is 2.84. The Hall–Kier alpha value is -0.710. The maximum atomic E-state index is 12.0. The van der Waals surface area contributed by atoms with Gasteiger partial charge in [0, 0.05) is 18.5 Å². The number of ether oxygens (including phenoxy) is 1. The van der Waals surface area contributed by atoms with Gasteiger partial charge in [-0.3, -0.25) is 4.79 Å². The predicted octanol–water partition coefficient (Wildman–Crippen LogP) is 1.62. The third-order valence-electron chi connectivity index (χ3n) is 2.72. The van der Waals surface area contributed by atoms with Gasteiger partial charge in [0.05, 0.1) is 17.0 Å². The Morgan fingerprint density at radius 1 is 1.60 bits per heavy atom. The first kappa shape index (κ1) is 10.8. The van der Waals surface area contributed by atoms with Crippen LogP contribution in [0.2, 0.25) is 0 Å². The molecule has 4 heteroatoms. The van der Waals surface area contributed by atoms with Crippen molar-refractivity contribution in [2.45, 2.75) is 25.5 Å². The van der Waals surface area contributed by atoms with Crippen LogP contribution in [0.4, 0.5) is 0 Å². The summed E-state index contributed by atoms with van der Waals surface area (Å²) in [4.78, 5) is 14.0. The first-order valence-corrected chi connectivity index (χ1v) is 5.89. The van der Waals surface area contributed by atoms with Gasteiger partial charge in [-0.15, -0.1) is 11.3 Å². The Balaban J connectivity index is 2.03. The van der Waals surface area contributed by atoms with Crippen LogP contribution in [0.25, 0.3) is 0 Å². The van der Waals surface area contributed by atoms with Crippen LogP contribution in [0.15, 0.2) is 12.1 Å². The Labute approximate surface area is 93.4 Å². The van der Waals surface area contributed by atoms with Gasteiger partial charge in [-0.05, 0) is 25.5 Å². The summed E-state index contributed by atoms with van der Waals surface area (Å²) in [5, 5.41) is 3.20. The third kappa shape index (κ3) is 2.27. The lowest BCUT2D eigenvalue weighted by atomic mass is 10.1. The molecule has 1 saturated heterocycles. The van der Waals surface area contributed by atoms with Crippen LogP contribution in [0, 0.1) is 6.92 Å². The van der Waals surface area contributed by atoms with E-state index in [1.54, 1.807) is 18.4 Å². The van der Waals surface area contributed by atoms with Gasteiger partial charge in [-0.2, -0.15) is 0 Å². The summed E-state index contributed by atoms with van der Waals surface area (Å²) >= 11 is 1.56. The Morgan fingerprint density at radius 3 is 2.93 bits per heavy atom. The molecule has 3 nitrogen and oxygen atoms in total. The molecule has 0 bridgehead atoms. The van der Waals surface area contributed by atoms with Gasteiger partial charge in [0.2, 0.25) is 0 Å². The van der Waals surface area contributed by atoms with Crippen molar-refractivity contribution >= 4 is 17.1 Å². The van der Waals surface area contributed by atoms with E-state index < -0.39 is 0 Å². The highest BCUT2D eigenvalue weighted by Crippen LogP contribution is 2.20. The molecule has 1 N–H and O–H groups in total. The standard InChI is InChI=1S/C11H15NO2S/c1-7-3-4-10(15-7)11(13)9-5-8(14-2)6-12-9/h3-4,8-9,12H,5-6H2,1-2H3. The SMILES string of the molecule is COC1CNC(C(=O)c2ccc(C)s2)C1. The fourth-order valence-electron chi connectivity index (χ4n) is 1.82. The molecule has 1 aliphatic heterocycles. The van der Waals surface area contributed by atoms with Crippen LogP contribution < -0.4 is 5.32 Å². The van der Waals surface area contributed by atoms with E-state index in [-0.39, 0.29) is 17.9 Å². The number of carbonyl (C=O) groups excluding carboxylic acids is 1. The highest BCUT2D eigenvalue weighted by molar-refractivity contribution is 7.14. The highest BCUT2D eigenvalue weighted by Gasteiger charge is 2.30. The number of methoxy groups -OCH3 is 1. The molecule has 2 heterocycles.